The number of fused-ring (bicyclic) bond motifs is 2. The largest absolute Gasteiger partial charge is 0.456 e. The zero-order valence-electron chi connectivity index (χ0n) is 22.1. The van der Waals surface area contributed by atoms with E-state index >= 15 is 0 Å². The van der Waals surface area contributed by atoms with Gasteiger partial charge in [0.05, 0.1) is 23.3 Å². The van der Waals surface area contributed by atoms with Crippen molar-refractivity contribution in [3.63, 3.8) is 0 Å². The van der Waals surface area contributed by atoms with E-state index in [4.69, 9.17) is 14.7 Å². The van der Waals surface area contributed by atoms with Crippen molar-refractivity contribution in [2.75, 3.05) is 33.1 Å². The lowest BCUT2D eigenvalue weighted by Gasteiger charge is -2.30. The van der Waals surface area contributed by atoms with Crippen LogP contribution in [0.25, 0.3) is 28.1 Å². The van der Waals surface area contributed by atoms with Crippen molar-refractivity contribution in [3.05, 3.63) is 126 Å². The van der Waals surface area contributed by atoms with Gasteiger partial charge in [-0.15, -0.1) is 0 Å². The molecule has 1 aromatic heterocycles. The maximum absolute atomic E-state index is 6.52. The molecule has 0 amide bonds. The van der Waals surface area contributed by atoms with Gasteiger partial charge in [-0.3, -0.25) is 9.88 Å². The minimum absolute atomic E-state index is 0.153. The van der Waals surface area contributed by atoms with E-state index < -0.39 is 0 Å². The van der Waals surface area contributed by atoms with Crippen molar-refractivity contribution in [3.8, 4) is 28.3 Å². The summed E-state index contributed by atoms with van der Waals surface area (Å²) >= 11 is 0. The Bertz CT molecular complexity index is 1580. The van der Waals surface area contributed by atoms with E-state index in [1.807, 2.05) is 56.7 Å². The molecule has 4 aromatic rings. The summed E-state index contributed by atoms with van der Waals surface area (Å²) in [6, 6.07) is 27.0. The molecule has 0 spiro atoms. The monoisotopic (exact) mass is 498 g/mol. The highest BCUT2D eigenvalue weighted by molar-refractivity contribution is 5.91. The van der Waals surface area contributed by atoms with Crippen LogP contribution in [-0.2, 0) is 0 Å². The molecule has 0 saturated heterocycles. The number of likely N-dealkylation sites (N-methyl/N-ethyl adjacent to an activating group) is 1. The average Bonchev–Trinajstić information content (AvgIpc) is 2.95. The smallest absolute Gasteiger partial charge is 0.137 e. The number of hydrogen-bond donors (Lipinski definition) is 0. The molecule has 2 heterocycles. The lowest BCUT2D eigenvalue weighted by atomic mass is 9.89. The van der Waals surface area contributed by atoms with E-state index in [2.05, 4.69) is 84.6 Å². The number of aromatic nitrogens is 2. The molecule has 0 fully saturated rings. The van der Waals surface area contributed by atoms with E-state index in [0.29, 0.717) is 0 Å². The second-order valence-electron chi connectivity index (χ2n) is 9.99. The van der Waals surface area contributed by atoms with Gasteiger partial charge in [-0.2, -0.15) is 0 Å². The fourth-order valence-electron chi connectivity index (χ4n) is 4.93. The molecule has 1 atom stereocenters. The Morgan fingerprint density at radius 3 is 2.13 bits per heavy atom. The first-order valence-corrected chi connectivity index (χ1v) is 12.8. The van der Waals surface area contributed by atoms with Gasteiger partial charge in [0.1, 0.15) is 11.5 Å². The summed E-state index contributed by atoms with van der Waals surface area (Å²) < 4.78 is 6.52. The number of nitrogens with zero attached hydrogens (tertiary/aromatic N) is 4. The number of ether oxygens (including phenoxy) is 1. The Balaban J connectivity index is 1.59. The first kappa shape index (κ1) is 23.9. The molecule has 0 saturated carbocycles. The normalized spacial score (nSPS) is 16.0. The van der Waals surface area contributed by atoms with Gasteiger partial charge in [0, 0.05) is 59.7 Å². The summed E-state index contributed by atoms with van der Waals surface area (Å²) in [5, 5.41) is 0. The molecule has 0 N–H and O–H groups in total. The van der Waals surface area contributed by atoms with E-state index in [-0.39, 0.29) is 6.04 Å². The van der Waals surface area contributed by atoms with Gasteiger partial charge in [-0.1, -0.05) is 72.8 Å². The quantitative estimate of drug-likeness (QED) is 0.316. The maximum atomic E-state index is 6.52. The Labute approximate surface area is 224 Å². The first-order valence-electron chi connectivity index (χ1n) is 12.8. The SMILES string of the molecule is CN(C)c1ccc2c(c1)OC1=CC(N(C)C)C=CC1=C2c1cnc(-c2ccccc2)c(-c2ccccc2)n1. The van der Waals surface area contributed by atoms with Crippen LogP contribution in [0.15, 0.2) is 115 Å². The van der Waals surface area contributed by atoms with E-state index in [9.17, 15) is 0 Å². The third-order valence-electron chi connectivity index (χ3n) is 7.01. The maximum Gasteiger partial charge on any atom is 0.137 e. The third kappa shape index (κ3) is 4.31. The van der Waals surface area contributed by atoms with E-state index in [1.165, 1.54) is 0 Å². The number of rotatable bonds is 5. The molecule has 38 heavy (non-hydrogen) atoms. The molecule has 1 unspecified atom stereocenters. The first-order chi connectivity index (χ1) is 18.5. The van der Waals surface area contributed by atoms with Gasteiger partial charge in [-0.05, 0) is 32.3 Å². The zero-order valence-corrected chi connectivity index (χ0v) is 22.1. The van der Waals surface area contributed by atoms with Gasteiger partial charge in [0.2, 0.25) is 0 Å². The van der Waals surface area contributed by atoms with Crippen molar-refractivity contribution < 1.29 is 4.74 Å². The Morgan fingerprint density at radius 2 is 1.47 bits per heavy atom. The molecule has 3 aromatic carbocycles. The molecule has 2 aliphatic rings. The molecule has 0 radical (unpaired) electrons. The van der Waals surface area contributed by atoms with Crippen molar-refractivity contribution in [1.82, 2.24) is 14.9 Å². The van der Waals surface area contributed by atoms with Crippen molar-refractivity contribution >= 4 is 11.3 Å². The Hall–Kier alpha value is -4.48. The highest BCUT2D eigenvalue weighted by Crippen LogP contribution is 2.44. The number of benzene rings is 3. The van der Waals surface area contributed by atoms with Crippen LogP contribution in [0.1, 0.15) is 11.3 Å². The summed E-state index contributed by atoms with van der Waals surface area (Å²) in [6.45, 7) is 0. The van der Waals surface area contributed by atoms with Gasteiger partial charge >= 0.3 is 0 Å². The summed E-state index contributed by atoms with van der Waals surface area (Å²) in [6.07, 6.45) is 8.43. The number of hydrogen-bond acceptors (Lipinski definition) is 5. The highest BCUT2D eigenvalue weighted by atomic mass is 16.5. The Morgan fingerprint density at radius 1 is 0.789 bits per heavy atom. The van der Waals surface area contributed by atoms with Crippen LogP contribution >= 0.6 is 0 Å². The van der Waals surface area contributed by atoms with Crippen LogP contribution in [0, 0.1) is 0 Å². The molecule has 5 heteroatoms. The molecular formula is C33H30N4O. The van der Waals surface area contributed by atoms with Gasteiger partial charge in [0.15, 0.2) is 0 Å². The predicted octanol–water partition coefficient (Wildman–Crippen LogP) is 6.45. The number of allylic oxidation sites excluding steroid dienone is 1. The highest BCUT2D eigenvalue weighted by Gasteiger charge is 2.29. The minimum Gasteiger partial charge on any atom is -0.456 e. The third-order valence-corrected chi connectivity index (χ3v) is 7.01. The van der Waals surface area contributed by atoms with Crippen LogP contribution in [-0.4, -0.2) is 49.1 Å². The summed E-state index contributed by atoms with van der Waals surface area (Å²) in [5.74, 6) is 1.67. The molecule has 1 aliphatic carbocycles. The van der Waals surface area contributed by atoms with Gasteiger partial charge in [0.25, 0.3) is 0 Å². The van der Waals surface area contributed by atoms with Gasteiger partial charge in [-0.25, -0.2) is 4.98 Å². The number of anilines is 1. The van der Waals surface area contributed by atoms with Crippen LogP contribution in [0.2, 0.25) is 0 Å². The molecule has 1 aliphatic heterocycles. The zero-order chi connectivity index (χ0) is 26.2. The van der Waals surface area contributed by atoms with Crippen molar-refractivity contribution in [1.29, 1.82) is 0 Å². The van der Waals surface area contributed by atoms with Crippen molar-refractivity contribution in [2.24, 2.45) is 0 Å². The molecule has 5 nitrogen and oxygen atoms in total. The lowest BCUT2D eigenvalue weighted by Crippen LogP contribution is -2.27. The Kier molecular flexibility index (Phi) is 6.14. The van der Waals surface area contributed by atoms with E-state index in [1.54, 1.807) is 0 Å². The van der Waals surface area contributed by atoms with Gasteiger partial charge < -0.3 is 9.64 Å². The molecule has 6 rings (SSSR count). The average molecular weight is 499 g/mol. The summed E-state index contributed by atoms with van der Waals surface area (Å²) in [7, 11) is 8.22. The van der Waals surface area contributed by atoms with Crippen LogP contribution in [0.5, 0.6) is 5.75 Å². The summed E-state index contributed by atoms with van der Waals surface area (Å²) in [5.41, 5.74) is 8.76. The summed E-state index contributed by atoms with van der Waals surface area (Å²) in [4.78, 5) is 14.5. The molecule has 188 valence electrons. The second kappa shape index (κ2) is 9.77. The van der Waals surface area contributed by atoms with E-state index in [0.717, 1.165) is 62.1 Å². The molecular weight excluding hydrogens is 468 g/mol. The standard InChI is InChI=1S/C33H30N4O/c1-36(2)24-15-17-26-29(19-24)38-30-20-25(37(3)4)16-18-27(30)31(26)28-21-34-32(22-11-7-5-8-12-22)33(35-28)23-13-9-6-10-14-23/h5-21,24H,1-4H3. The lowest BCUT2D eigenvalue weighted by molar-refractivity contribution is 0.368. The fourth-order valence-corrected chi connectivity index (χ4v) is 4.93. The fraction of sp³-hybridized carbons (Fsp3) is 0.152. The van der Waals surface area contributed by atoms with Crippen LogP contribution in [0.4, 0.5) is 5.69 Å². The van der Waals surface area contributed by atoms with Crippen LogP contribution < -0.4 is 9.64 Å². The second-order valence-corrected chi connectivity index (χ2v) is 9.99. The molecule has 0 bridgehead atoms. The minimum atomic E-state index is 0.153. The van der Waals surface area contributed by atoms with Crippen molar-refractivity contribution in [2.45, 2.75) is 6.04 Å². The predicted molar refractivity (Wildman–Crippen MR) is 155 cm³/mol. The topological polar surface area (TPSA) is 41.5 Å². The van der Waals surface area contributed by atoms with Crippen LogP contribution in [0.3, 0.4) is 0 Å².